The van der Waals surface area contributed by atoms with Crippen molar-refractivity contribution in [2.75, 3.05) is 13.2 Å². The van der Waals surface area contributed by atoms with E-state index in [-0.39, 0.29) is 5.97 Å². The average molecular weight is 318 g/mol. The first-order valence-electron chi connectivity index (χ1n) is 8.71. The van der Waals surface area contributed by atoms with E-state index < -0.39 is 0 Å². The Morgan fingerprint density at radius 2 is 2.00 bits per heavy atom. The van der Waals surface area contributed by atoms with E-state index >= 15 is 0 Å². The number of carbonyl (C=O) groups is 1. The second kappa shape index (κ2) is 12.8. The molecule has 4 heteroatoms. The monoisotopic (exact) mass is 318 g/mol. The fraction of sp³-hybridized carbons (Fsp3) is 0.579. The van der Waals surface area contributed by atoms with Gasteiger partial charge in [0.2, 0.25) is 0 Å². The highest BCUT2D eigenvalue weighted by Gasteiger charge is 2.04. The average Bonchev–Trinajstić information content (AvgIpc) is 2.56. The molecular weight excluding hydrogens is 288 g/mol. The van der Waals surface area contributed by atoms with Crippen LogP contribution >= 0.6 is 0 Å². The molecule has 0 aliphatic carbocycles. The summed E-state index contributed by atoms with van der Waals surface area (Å²) in [7, 11) is 0. The van der Waals surface area contributed by atoms with Gasteiger partial charge in [0.15, 0.2) is 0 Å². The van der Waals surface area contributed by atoms with Gasteiger partial charge in [-0.25, -0.2) is 4.79 Å². The number of esters is 1. The number of nitrogens with two attached hydrogens (primary N) is 1. The zero-order chi connectivity index (χ0) is 16.8. The van der Waals surface area contributed by atoms with Crippen molar-refractivity contribution in [2.24, 2.45) is 5.73 Å². The smallest absolute Gasteiger partial charge is 0.330 e. The Morgan fingerprint density at radius 1 is 1.22 bits per heavy atom. The van der Waals surface area contributed by atoms with Crippen molar-refractivity contribution in [3.05, 3.63) is 41.7 Å². The largest absolute Gasteiger partial charge is 0.463 e. The van der Waals surface area contributed by atoms with Crippen LogP contribution in [0.3, 0.4) is 0 Å². The lowest BCUT2D eigenvalue weighted by Gasteiger charge is -2.08. The van der Waals surface area contributed by atoms with Gasteiger partial charge in [0.25, 0.3) is 0 Å². The summed E-state index contributed by atoms with van der Waals surface area (Å²) in [5.74, 6) is -0.214. The summed E-state index contributed by atoms with van der Waals surface area (Å²) < 4.78 is 5.03. The molecule has 1 aromatic rings. The minimum atomic E-state index is -0.214. The molecule has 128 valence electrons. The van der Waals surface area contributed by atoms with Crippen molar-refractivity contribution in [3.8, 4) is 0 Å². The van der Waals surface area contributed by atoms with E-state index in [2.05, 4.69) is 11.1 Å². The van der Waals surface area contributed by atoms with Gasteiger partial charge in [-0.2, -0.15) is 0 Å². The summed E-state index contributed by atoms with van der Waals surface area (Å²) in [4.78, 5) is 15.8. The molecule has 0 aliphatic rings. The topological polar surface area (TPSA) is 65.2 Å². The third-order valence-corrected chi connectivity index (χ3v) is 3.75. The minimum Gasteiger partial charge on any atom is -0.463 e. The van der Waals surface area contributed by atoms with Crippen LogP contribution < -0.4 is 5.73 Å². The number of allylic oxidation sites excluding steroid dienone is 1. The van der Waals surface area contributed by atoms with Crippen LogP contribution in [0.1, 0.15) is 57.4 Å². The molecule has 0 amide bonds. The van der Waals surface area contributed by atoms with Crippen molar-refractivity contribution < 1.29 is 9.53 Å². The molecule has 2 N–H and O–H groups in total. The number of ether oxygens (including phenoxy) is 1. The molecule has 0 aliphatic heterocycles. The second-order valence-electron chi connectivity index (χ2n) is 5.72. The molecule has 4 nitrogen and oxygen atoms in total. The van der Waals surface area contributed by atoms with Gasteiger partial charge in [-0.15, -0.1) is 0 Å². The van der Waals surface area contributed by atoms with Crippen LogP contribution in [0.2, 0.25) is 0 Å². The van der Waals surface area contributed by atoms with Crippen molar-refractivity contribution in [3.63, 3.8) is 0 Å². The molecule has 23 heavy (non-hydrogen) atoms. The Labute approximate surface area is 140 Å². The Kier molecular flexibility index (Phi) is 10.8. The van der Waals surface area contributed by atoms with E-state index in [0.29, 0.717) is 6.61 Å². The first-order chi connectivity index (χ1) is 11.3. The number of unbranched alkanes of at least 4 members (excludes halogenated alkanes) is 3. The van der Waals surface area contributed by atoms with Gasteiger partial charge in [0.05, 0.1) is 6.61 Å². The van der Waals surface area contributed by atoms with Gasteiger partial charge in [0.1, 0.15) is 0 Å². The Bertz CT molecular complexity index is 458. The number of hydrogen-bond donors (Lipinski definition) is 1. The fourth-order valence-electron chi connectivity index (χ4n) is 2.52. The SMILES string of the molecule is CCOC(=O)C=C(CCCCCN)CCCCc1cccnc1. The summed E-state index contributed by atoms with van der Waals surface area (Å²) >= 11 is 0. The lowest BCUT2D eigenvalue weighted by molar-refractivity contribution is -0.137. The molecule has 0 atom stereocenters. The predicted octanol–water partition coefficient (Wildman–Crippen LogP) is 3.80. The summed E-state index contributed by atoms with van der Waals surface area (Å²) in [5, 5.41) is 0. The highest BCUT2D eigenvalue weighted by Crippen LogP contribution is 2.17. The quantitative estimate of drug-likeness (QED) is 0.362. The zero-order valence-electron chi connectivity index (χ0n) is 14.3. The number of rotatable bonds is 12. The minimum absolute atomic E-state index is 0.214. The van der Waals surface area contributed by atoms with Crippen LogP contribution in [0.15, 0.2) is 36.2 Å². The highest BCUT2D eigenvalue weighted by molar-refractivity contribution is 5.82. The van der Waals surface area contributed by atoms with E-state index in [1.165, 1.54) is 11.1 Å². The first-order valence-corrected chi connectivity index (χ1v) is 8.71. The number of hydrogen-bond acceptors (Lipinski definition) is 4. The van der Waals surface area contributed by atoms with E-state index in [4.69, 9.17) is 10.5 Å². The van der Waals surface area contributed by atoms with Crippen LogP contribution in [-0.4, -0.2) is 24.1 Å². The molecule has 0 saturated carbocycles. The number of carbonyl (C=O) groups excluding carboxylic acids is 1. The normalized spacial score (nSPS) is 11.5. The molecule has 0 saturated heterocycles. The van der Waals surface area contributed by atoms with E-state index in [1.54, 1.807) is 12.3 Å². The van der Waals surface area contributed by atoms with Crippen molar-refractivity contribution in [2.45, 2.75) is 58.3 Å². The Hall–Kier alpha value is -1.68. The summed E-state index contributed by atoms with van der Waals surface area (Å²) in [5.41, 5.74) is 8.00. The van der Waals surface area contributed by atoms with Crippen LogP contribution in [0.4, 0.5) is 0 Å². The van der Waals surface area contributed by atoms with Gasteiger partial charge in [0, 0.05) is 18.5 Å². The van der Waals surface area contributed by atoms with E-state index in [0.717, 1.165) is 57.9 Å². The third-order valence-electron chi connectivity index (χ3n) is 3.75. The highest BCUT2D eigenvalue weighted by atomic mass is 16.5. The molecule has 0 radical (unpaired) electrons. The summed E-state index contributed by atoms with van der Waals surface area (Å²) in [6.07, 6.45) is 13.8. The molecular formula is C19H30N2O2. The molecule has 0 spiro atoms. The Balaban J connectivity index is 2.37. The van der Waals surface area contributed by atoms with Crippen LogP contribution in [-0.2, 0) is 16.0 Å². The zero-order valence-corrected chi connectivity index (χ0v) is 14.3. The molecule has 0 bridgehead atoms. The molecule has 0 fully saturated rings. The van der Waals surface area contributed by atoms with Crippen LogP contribution in [0.25, 0.3) is 0 Å². The first kappa shape index (κ1) is 19.4. The summed E-state index contributed by atoms with van der Waals surface area (Å²) in [6, 6.07) is 4.08. The number of aryl methyl sites for hydroxylation is 1. The predicted molar refractivity (Wildman–Crippen MR) is 94.0 cm³/mol. The van der Waals surface area contributed by atoms with Gasteiger partial charge in [-0.05, 0) is 70.0 Å². The maximum atomic E-state index is 11.7. The van der Waals surface area contributed by atoms with Gasteiger partial charge >= 0.3 is 5.97 Å². The molecule has 1 aromatic heterocycles. The maximum absolute atomic E-state index is 11.7. The number of pyridine rings is 1. The standard InChI is InChI=1S/C19H30N2O2/c1-2-23-19(22)15-17(9-4-3-7-13-20)10-5-6-11-18-12-8-14-21-16-18/h8,12,14-16H,2-7,9-11,13,20H2,1H3. The number of aromatic nitrogens is 1. The van der Waals surface area contributed by atoms with Crippen molar-refractivity contribution >= 4 is 5.97 Å². The molecule has 0 aromatic carbocycles. The van der Waals surface area contributed by atoms with Gasteiger partial charge < -0.3 is 10.5 Å². The van der Waals surface area contributed by atoms with Crippen molar-refractivity contribution in [1.29, 1.82) is 0 Å². The fourth-order valence-corrected chi connectivity index (χ4v) is 2.52. The maximum Gasteiger partial charge on any atom is 0.330 e. The third kappa shape index (κ3) is 9.84. The van der Waals surface area contributed by atoms with Gasteiger partial charge in [-0.1, -0.05) is 18.1 Å². The van der Waals surface area contributed by atoms with Crippen LogP contribution in [0.5, 0.6) is 0 Å². The molecule has 1 rings (SSSR count). The van der Waals surface area contributed by atoms with Crippen molar-refractivity contribution in [1.82, 2.24) is 4.98 Å². The lowest BCUT2D eigenvalue weighted by Crippen LogP contribution is -2.02. The Morgan fingerprint density at radius 3 is 2.65 bits per heavy atom. The van der Waals surface area contributed by atoms with Crippen LogP contribution in [0, 0.1) is 0 Å². The van der Waals surface area contributed by atoms with E-state index in [9.17, 15) is 4.79 Å². The summed E-state index contributed by atoms with van der Waals surface area (Å²) in [6.45, 7) is 3.00. The van der Waals surface area contributed by atoms with E-state index in [1.807, 2.05) is 19.2 Å². The molecule has 1 heterocycles. The van der Waals surface area contributed by atoms with Gasteiger partial charge in [-0.3, -0.25) is 4.98 Å². The number of nitrogens with zero attached hydrogens (tertiary/aromatic N) is 1. The second-order valence-corrected chi connectivity index (χ2v) is 5.72. The lowest BCUT2D eigenvalue weighted by atomic mass is 9.99. The molecule has 0 unspecified atom stereocenters.